The van der Waals surface area contributed by atoms with E-state index in [-0.39, 0.29) is 30.5 Å². The molecule has 2 fully saturated rings. The molecule has 2 aliphatic rings. The van der Waals surface area contributed by atoms with Crippen molar-refractivity contribution in [3.8, 4) is 0 Å². The molecule has 9 nitrogen and oxygen atoms in total. The number of para-hydroxylation sites is 1. The minimum Gasteiger partial charge on any atom is -0.395 e. The third kappa shape index (κ3) is 6.49. The molecule has 3 heterocycles. The maximum absolute atomic E-state index is 14.0. The van der Waals surface area contributed by atoms with Gasteiger partial charge in [-0.25, -0.2) is 0 Å². The number of aromatic nitrogens is 3. The lowest BCUT2D eigenvalue weighted by atomic mass is 9.86. The molecule has 1 spiro atoms. The number of carbonyl (C=O) groups is 1. The Hall–Kier alpha value is -4.31. The first-order valence-electron chi connectivity index (χ1n) is 16.2. The lowest BCUT2D eigenvalue weighted by Gasteiger charge is -2.39. The van der Waals surface area contributed by atoms with E-state index in [0.717, 1.165) is 60.5 Å². The van der Waals surface area contributed by atoms with Gasteiger partial charge in [-0.3, -0.25) is 14.4 Å². The Morgan fingerprint density at radius 1 is 0.957 bits per heavy atom. The third-order valence-corrected chi connectivity index (χ3v) is 9.47. The molecule has 0 aliphatic carbocycles. The van der Waals surface area contributed by atoms with Gasteiger partial charge < -0.3 is 20.1 Å². The summed E-state index contributed by atoms with van der Waals surface area (Å²) in [5.74, 6) is 0.132. The van der Waals surface area contributed by atoms with Crippen LogP contribution in [0.2, 0.25) is 0 Å². The number of benzene rings is 3. The predicted molar refractivity (Wildman–Crippen MR) is 181 cm³/mol. The zero-order valence-electron chi connectivity index (χ0n) is 26.7. The first-order valence-corrected chi connectivity index (χ1v) is 16.2. The Kier molecular flexibility index (Phi) is 9.92. The molecule has 3 atom stereocenters. The highest BCUT2D eigenvalue weighted by molar-refractivity contribution is 6.06. The van der Waals surface area contributed by atoms with Gasteiger partial charge in [0.1, 0.15) is 5.54 Å². The number of anilines is 2. The normalized spacial score (nSPS) is 18.4. The highest BCUT2D eigenvalue weighted by atomic mass is 16.5. The second kappa shape index (κ2) is 14.4. The van der Waals surface area contributed by atoms with Crippen molar-refractivity contribution in [2.24, 2.45) is 5.92 Å². The minimum absolute atomic E-state index is 0.0154. The molecule has 46 heavy (non-hydrogen) atoms. The molecule has 1 unspecified atom stereocenters. The lowest BCUT2D eigenvalue weighted by molar-refractivity contribution is -0.122. The summed E-state index contributed by atoms with van der Waals surface area (Å²) in [6.07, 6.45) is 8.52. The molecule has 3 aromatic carbocycles. The number of ether oxygens (including phenoxy) is 1. The third-order valence-electron chi connectivity index (χ3n) is 9.47. The molecule has 9 heteroatoms. The van der Waals surface area contributed by atoms with Crippen molar-refractivity contribution < 1.29 is 14.6 Å². The average Bonchev–Trinajstić information content (AvgIpc) is 3.68. The van der Waals surface area contributed by atoms with E-state index in [1.807, 2.05) is 64.3 Å². The molecule has 6 rings (SSSR count). The highest BCUT2D eigenvalue weighted by Gasteiger charge is 2.53. The van der Waals surface area contributed by atoms with Crippen LogP contribution in [0.5, 0.6) is 0 Å². The maximum Gasteiger partial charge on any atom is 0.254 e. The number of hydrogen-bond donors (Lipinski definition) is 2. The Morgan fingerprint density at radius 2 is 1.65 bits per heavy atom. The standard InChI is InChI=1S/C37H44N6O3/c1-28(11-9-10-24-41-25-34(39-40-41)33(26-44)29-12-5-3-6-13-29)35(46-2)30-16-18-31(19-17-30)42-27-43(32-14-7-4-8-15-32)37(36(42)45)20-22-38-23-21-37/h3-9,11-19,25,28,33,35,38,44H,10,20-24,26-27H2,1-2H3/b11-9+/t28-,33?,35+/m0/s1. The number of allylic oxidation sites excluding steroid dienone is 1. The van der Waals surface area contributed by atoms with Crippen LogP contribution >= 0.6 is 0 Å². The second-order valence-corrected chi connectivity index (χ2v) is 12.3. The number of nitrogens with zero attached hydrogens (tertiary/aromatic N) is 5. The zero-order chi connectivity index (χ0) is 31.9. The van der Waals surface area contributed by atoms with Crippen LogP contribution in [0.3, 0.4) is 0 Å². The van der Waals surface area contributed by atoms with Crippen LogP contribution in [0.4, 0.5) is 11.4 Å². The van der Waals surface area contributed by atoms with Crippen LogP contribution in [0.15, 0.2) is 103 Å². The fraction of sp³-hybridized carbons (Fsp3) is 0.378. The number of rotatable bonds is 12. The van der Waals surface area contributed by atoms with E-state index in [0.29, 0.717) is 13.2 Å². The minimum atomic E-state index is -0.518. The van der Waals surface area contributed by atoms with Gasteiger partial charge >= 0.3 is 0 Å². The summed E-state index contributed by atoms with van der Waals surface area (Å²) in [7, 11) is 1.74. The van der Waals surface area contributed by atoms with Crippen LogP contribution in [0.1, 0.15) is 55.0 Å². The number of aryl methyl sites for hydroxylation is 1. The van der Waals surface area contributed by atoms with Gasteiger partial charge in [0, 0.05) is 37.1 Å². The van der Waals surface area contributed by atoms with Crippen LogP contribution < -0.4 is 15.1 Å². The van der Waals surface area contributed by atoms with Crippen molar-refractivity contribution in [3.63, 3.8) is 0 Å². The maximum atomic E-state index is 14.0. The van der Waals surface area contributed by atoms with Crippen molar-refractivity contribution in [2.45, 2.75) is 50.3 Å². The molecule has 4 aromatic rings. The van der Waals surface area contributed by atoms with Crippen molar-refractivity contribution >= 4 is 17.3 Å². The van der Waals surface area contributed by atoms with Gasteiger partial charge in [-0.1, -0.05) is 85.0 Å². The zero-order valence-corrected chi connectivity index (χ0v) is 26.7. The monoisotopic (exact) mass is 620 g/mol. The Labute approximate surface area is 271 Å². The Balaban J connectivity index is 1.08. The van der Waals surface area contributed by atoms with Gasteiger partial charge in [-0.15, -0.1) is 5.10 Å². The van der Waals surface area contributed by atoms with Crippen LogP contribution in [0.25, 0.3) is 0 Å². The van der Waals surface area contributed by atoms with Gasteiger partial charge in [-0.2, -0.15) is 0 Å². The van der Waals surface area contributed by atoms with Crippen molar-refractivity contribution in [1.29, 1.82) is 0 Å². The van der Waals surface area contributed by atoms with Gasteiger partial charge in [0.15, 0.2) is 0 Å². The van der Waals surface area contributed by atoms with E-state index in [4.69, 9.17) is 4.74 Å². The van der Waals surface area contributed by atoms with Crippen molar-refractivity contribution in [3.05, 3.63) is 120 Å². The number of aliphatic hydroxyl groups is 1. The summed E-state index contributed by atoms with van der Waals surface area (Å²) < 4.78 is 7.78. The van der Waals surface area contributed by atoms with Crippen LogP contribution in [-0.4, -0.2) is 65.0 Å². The number of amides is 1. The van der Waals surface area contributed by atoms with E-state index < -0.39 is 5.54 Å². The van der Waals surface area contributed by atoms with E-state index in [1.165, 1.54) is 0 Å². The summed E-state index contributed by atoms with van der Waals surface area (Å²) in [6.45, 7) is 5.03. The summed E-state index contributed by atoms with van der Waals surface area (Å²) >= 11 is 0. The second-order valence-electron chi connectivity index (χ2n) is 12.3. The van der Waals surface area contributed by atoms with Crippen molar-refractivity contribution in [2.75, 3.05) is 43.3 Å². The summed E-state index contributed by atoms with van der Waals surface area (Å²) in [5, 5.41) is 22.0. The molecule has 2 N–H and O–H groups in total. The molecule has 1 aromatic heterocycles. The van der Waals surface area contributed by atoms with Crippen LogP contribution in [0, 0.1) is 5.92 Å². The Morgan fingerprint density at radius 3 is 2.33 bits per heavy atom. The van der Waals surface area contributed by atoms with Gasteiger partial charge in [0.05, 0.1) is 31.0 Å². The first kappa shape index (κ1) is 31.7. The van der Waals surface area contributed by atoms with E-state index >= 15 is 0 Å². The Bertz CT molecular complexity index is 1580. The van der Waals surface area contributed by atoms with E-state index in [9.17, 15) is 9.90 Å². The number of aliphatic hydroxyl groups excluding tert-OH is 1. The molecule has 0 bridgehead atoms. The summed E-state index contributed by atoms with van der Waals surface area (Å²) in [4.78, 5) is 18.2. The highest BCUT2D eigenvalue weighted by Crippen LogP contribution is 2.40. The van der Waals surface area contributed by atoms with Gasteiger partial charge in [-0.05, 0) is 67.7 Å². The van der Waals surface area contributed by atoms with Gasteiger partial charge in [0.25, 0.3) is 5.91 Å². The number of methoxy groups -OCH3 is 1. The molecule has 1 amide bonds. The molecule has 2 aliphatic heterocycles. The number of carbonyl (C=O) groups excluding carboxylic acids is 1. The van der Waals surface area contributed by atoms with Crippen LogP contribution in [-0.2, 0) is 16.1 Å². The number of hydrogen-bond acceptors (Lipinski definition) is 7. The fourth-order valence-electron chi connectivity index (χ4n) is 6.92. The summed E-state index contributed by atoms with van der Waals surface area (Å²) in [5.41, 5.74) is 4.34. The predicted octanol–water partition coefficient (Wildman–Crippen LogP) is 5.31. The smallest absolute Gasteiger partial charge is 0.254 e. The summed E-state index contributed by atoms with van der Waals surface area (Å²) in [6, 6.07) is 28.5. The molecule has 0 radical (unpaired) electrons. The number of piperidine rings is 1. The molecule has 0 saturated carbocycles. The average molecular weight is 621 g/mol. The number of nitrogens with one attached hydrogen (secondary N) is 1. The van der Waals surface area contributed by atoms with E-state index in [1.54, 1.807) is 7.11 Å². The SMILES string of the molecule is CO[C@@H](c1ccc(N2CN(c3ccccc3)C3(CCNCC3)C2=O)cc1)[C@@H](C)/C=C/CCn1cc(C(CO)c2ccccc2)nn1. The first-order chi connectivity index (χ1) is 22.5. The molecular weight excluding hydrogens is 576 g/mol. The topological polar surface area (TPSA) is 95.8 Å². The van der Waals surface area contributed by atoms with Crippen molar-refractivity contribution in [1.82, 2.24) is 20.3 Å². The molecule has 2 saturated heterocycles. The quantitative estimate of drug-likeness (QED) is 0.208. The van der Waals surface area contributed by atoms with E-state index in [2.05, 4.69) is 76.0 Å². The molecule has 240 valence electrons. The fourth-order valence-corrected chi connectivity index (χ4v) is 6.92. The lowest BCUT2D eigenvalue weighted by Crippen LogP contribution is -2.55. The molecular formula is C37H44N6O3. The largest absolute Gasteiger partial charge is 0.395 e. The van der Waals surface area contributed by atoms with Gasteiger partial charge in [0.2, 0.25) is 0 Å².